The van der Waals surface area contributed by atoms with Gasteiger partial charge in [-0.05, 0) is 19.4 Å². The summed E-state index contributed by atoms with van der Waals surface area (Å²) in [6, 6.07) is 0. The van der Waals surface area contributed by atoms with Gasteiger partial charge in [0.15, 0.2) is 0 Å². The molecular weight excluding hydrogens is 428 g/mol. The van der Waals surface area contributed by atoms with Crippen molar-refractivity contribution in [3.8, 4) is 0 Å². The highest BCUT2D eigenvalue weighted by molar-refractivity contribution is 5.75. The maximum atomic E-state index is 12.1. The lowest BCUT2D eigenvalue weighted by Crippen LogP contribution is -2.38. The molecule has 6 nitrogen and oxygen atoms in total. The van der Waals surface area contributed by atoms with Gasteiger partial charge in [0.25, 0.3) is 0 Å². The summed E-state index contributed by atoms with van der Waals surface area (Å²) in [6.45, 7) is 10.9. The summed E-state index contributed by atoms with van der Waals surface area (Å²) >= 11 is 0. The predicted octanol–water partition coefficient (Wildman–Crippen LogP) is 6.46. The normalized spacial score (nSPS) is 12.1. The van der Waals surface area contributed by atoms with Gasteiger partial charge in [-0.25, -0.2) is 0 Å². The van der Waals surface area contributed by atoms with Gasteiger partial charge in [-0.3, -0.25) is 9.59 Å². The second-order valence-electron chi connectivity index (χ2n) is 11.6. The predicted molar refractivity (Wildman–Crippen MR) is 142 cm³/mol. The Kier molecular flexibility index (Phi) is 19.4. The number of carbonyl (C=O) groups is 2. The van der Waals surface area contributed by atoms with E-state index in [0.29, 0.717) is 39.1 Å². The van der Waals surface area contributed by atoms with Crippen molar-refractivity contribution in [2.24, 2.45) is 16.6 Å². The van der Waals surface area contributed by atoms with Crippen LogP contribution in [0.5, 0.6) is 0 Å². The number of aliphatic carboxylic acids is 1. The van der Waals surface area contributed by atoms with Crippen molar-refractivity contribution in [2.75, 3.05) is 26.3 Å². The number of amides is 1. The lowest BCUT2D eigenvalue weighted by atomic mass is 9.93. The summed E-state index contributed by atoms with van der Waals surface area (Å²) in [7, 11) is 0. The molecule has 0 atom stereocenters. The second kappa shape index (κ2) is 20.1. The van der Waals surface area contributed by atoms with Crippen LogP contribution in [-0.4, -0.2) is 43.3 Å². The summed E-state index contributed by atoms with van der Waals surface area (Å²) in [4.78, 5) is 22.6. The molecule has 34 heavy (non-hydrogen) atoms. The van der Waals surface area contributed by atoms with Crippen molar-refractivity contribution in [3.05, 3.63) is 0 Å². The lowest BCUT2D eigenvalue weighted by molar-refractivity contribution is -0.137. The number of unbranched alkanes of at least 4 members (excludes halogenated alkanes) is 13. The highest BCUT2D eigenvalue weighted by atomic mass is 16.5. The highest BCUT2D eigenvalue weighted by Crippen LogP contribution is 2.18. The van der Waals surface area contributed by atoms with Gasteiger partial charge in [0.2, 0.25) is 5.91 Å². The van der Waals surface area contributed by atoms with Crippen molar-refractivity contribution in [1.82, 2.24) is 5.32 Å². The molecule has 0 bridgehead atoms. The number of hydrogen-bond acceptors (Lipinski definition) is 4. The molecule has 0 saturated heterocycles. The van der Waals surface area contributed by atoms with E-state index in [4.69, 9.17) is 15.6 Å². The molecule has 0 heterocycles. The van der Waals surface area contributed by atoms with Gasteiger partial charge in [0.1, 0.15) is 0 Å². The molecule has 1 amide bonds. The summed E-state index contributed by atoms with van der Waals surface area (Å²) in [5.41, 5.74) is 5.65. The topological polar surface area (TPSA) is 102 Å². The summed E-state index contributed by atoms with van der Waals surface area (Å²) in [6.07, 6.45) is 17.7. The first-order chi connectivity index (χ1) is 16.1. The van der Waals surface area contributed by atoms with E-state index in [0.717, 1.165) is 25.7 Å². The fraction of sp³-hybridized carbons (Fsp3) is 0.929. The van der Waals surface area contributed by atoms with Gasteiger partial charge < -0.3 is 20.9 Å². The molecule has 0 aromatic rings. The van der Waals surface area contributed by atoms with E-state index in [1.54, 1.807) is 0 Å². The lowest BCUT2D eigenvalue weighted by Gasteiger charge is -2.28. The van der Waals surface area contributed by atoms with E-state index in [9.17, 15) is 9.59 Å². The fourth-order valence-electron chi connectivity index (χ4n) is 3.82. The molecule has 0 fully saturated rings. The average molecular weight is 485 g/mol. The second-order valence-corrected chi connectivity index (χ2v) is 11.6. The minimum atomic E-state index is -0.675. The Balaban J connectivity index is 3.45. The molecular formula is C28H56N2O4. The number of carbonyl (C=O) groups excluding carboxylic acids is 1. The molecule has 0 aliphatic carbocycles. The van der Waals surface area contributed by atoms with Crippen LogP contribution in [0, 0.1) is 10.8 Å². The van der Waals surface area contributed by atoms with Crippen LogP contribution in [0.25, 0.3) is 0 Å². The van der Waals surface area contributed by atoms with E-state index in [1.165, 1.54) is 64.2 Å². The van der Waals surface area contributed by atoms with Crippen LogP contribution >= 0.6 is 0 Å². The molecule has 0 spiro atoms. The quantitative estimate of drug-likeness (QED) is 0.137. The number of nitrogens with two attached hydrogens (primary N) is 1. The first kappa shape index (κ1) is 32.9. The monoisotopic (exact) mass is 484 g/mol. The molecule has 6 heteroatoms. The Morgan fingerprint density at radius 2 is 1.06 bits per heavy atom. The van der Waals surface area contributed by atoms with E-state index >= 15 is 0 Å². The van der Waals surface area contributed by atoms with Gasteiger partial charge in [-0.15, -0.1) is 0 Å². The van der Waals surface area contributed by atoms with Crippen LogP contribution < -0.4 is 11.1 Å². The fourth-order valence-corrected chi connectivity index (χ4v) is 3.82. The third-order valence-corrected chi connectivity index (χ3v) is 6.35. The SMILES string of the molecule is CC(C)(CN)COCC(C)(C)CNC(=O)CCCCCCCCCCCCCCCCC(=O)O. The van der Waals surface area contributed by atoms with Crippen LogP contribution in [0.3, 0.4) is 0 Å². The number of carboxylic acids is 1. The van der Waals surface area contributed by atoms with Gasteiger partial charge in [-0.1, -0.05) is 105 Å². The molecule has 0 aliphatic heterocycles. The molecule has 0 aromatic carbocycles. The molecule has 0 rings (SSSR count). The van der Waals surface area contributed by atoms with Crippen molar-refractivity contribution in [1.29, 1.82) is 0 Å². The van der Waals surface area contributed by atoms with Crippen molar-refractivity contribution >= 4 is 11.9 Å². The van der Waals surface area contributed by atoms with E-state index in [1.807, 2.05) is 0 Å². The first-order valence-electron chi connectivity index (χ1n) is 13.8. The molecule has 4 N–H and O–H groups in total. The standard InChI is InChI=1S/C28H56N2O4/c1-27(2,21-29)23-34-24-28(3,4)22-30-25(31)19-17-15-13-11-9-7-5-6-8-10-12-14-16-18-20-26(32)33/h5-24,29H2,1-4H3,(H,30,31)(H,32,33). The van der Waals surface area contributed by atoms with Crippen LogP contribution in [-0.2, 0) is 14.3 Å². The van der Waals surface area contributed by atoms with Crippen LogP contribution in [0.4, 0.5) is 0 Å². The van der Waals surface area contributed by atoms with E-state index < -0.39 is 5.97 Å². The Hall–Kier alpha value is -1.14. The molecule has 0 aliphatic rings. The third-order valence-electron chi connectivity index (χ3n) is 6.35. The Morgan fingerprint density at radius 3 is 1.47 bits per heavy atom. The van der Waals surface area contributed by atoms with Crippen LogP contribution in [0.1, 0.15) is 130 Å². The molecule has 0 aromatic heterocycles. The molecule has 0 saturated carbocycles. The number of hydrogen-bond donors (Lipinski definition) is 3. The minimum Gasteiger partial charge on any atom is -0.481 e. The van der Waals surface area contributed by atoms with Gasteiger partial charge in [-0.2, -0.15) is 0 Å². The minimum absolute atomic E-state index is 0.00817. The Morgan fingerprint density at radius 1 is 0.676 bits per heavy atom. The zero-order valence-electron chi connectivity index (χ0n) is 22.9. The number of ether oxygens (including phenoxy) is 1. The first-order valence-corrected chi connectivity index (χ1v) is 13.8. The van der Waals surface area contributed by atoms with Crippen LogP contribution in [0.15, 0.2) is 0 Å². The van der Waals surface area contributed by atoms with Gasteiger partial charge in [0.05, 0.1) is 13.2 Å². The summed E-state index contributed by atoms with van der Waals surface area (Å²) in [5.74, 6) is -0.525. The maximum absolute atomic E-state index is 12.1. The van der Waals surface area contributed by atoms with Crippen molar-refractivity contribution in [3.63, 3.8) is 0 Å². The largest absolute Gasteiger partial charge is 0.481 e. The third kappa shape index (κ3) is 22.6. The molecule has 0 radical (unpaired) electrons. The van der Waals surface area contributed by atoms with Gasteiger partial charge in [0, 0.05) is 30.2 Å². The average Bonchev–Trinajstić information content (AvgIpc) is 2.77. The summed E-state index contributed by atoms with van der Waals surface area (Å²) in [5, 5.41) is 11.7. The van der Waals surface area contributed by atoms with Gasteiger partial charge >= 0.3 is 5.97 Å². The number of carboxylic acid groups (broad SMARTS) is 1. The highest BCUT2D eigenvalue weighted by Gasteiger charge is 2.22. The maximum Gasteiger partial charge on any atom is 0.303 e. The molecule has 0 unspecified atom stereocenters. The Labute approximate surface area is 210 Å². The summed E-state index contributed by atoms with van der Waals surface area (Å²) < 4.78 is 5.84. The smallest absolute Gasteiger partial charge is 0.303 e. The zero-order chi connectivity index (χ0) is 25.7. The zero-order valence-corrected chi connectivity index (χ0v) is 22.9. The Bertz CT molecular complexity index is 521. The number of rotatable bonds is 24. The van der Waals surface area contributed by atoms with E-state index in [2.05, 4.69) is 33.0 Å². The van der Waals surface area contributed by atoms with Crippen molar-refractivity contribution in [2.45, 2.75) is 130 Å². The van der Waals surface area contributed by atoms with Crippen LogP contribution in [0.2, 0.25) is 0 Å². The van der Waals surface area contributed by atoms with Crippen molar-refractivity contribution < 1.29 is 19.4 Å². The van der Waals surface area contributed by atoms with E-state index in [-0.39, 0.29) is 16.7 Å². The number of nitrogens with one attached hydrogen (secondary N) is 1. The molecule has 202 valence electrons.